The summed E-state index contributed by atoms with van der Waals surface area (Å²) in [7, 11) is -1.86. The summed E-state index contributed by atoms with van der Waals surface area (Å²) in [5, 5.41) is 3.92. The van der Waals surface area contributed by atoms with Crippen LogP contribution in [-0.4, -0.2) is 42.7 Å². The topological polar surface area (TPSA) is 67.2 Å². The molecule has 0 aliphatic heterocycles. The van der Waals surface area contributed by atoms with Crippen LogP contribution in [0.4, 0.5) is 0 Å². The maximum absolute atomic E-state index is 12.4. The maximum Gasteiger partial charge on any atom is 0.243 e. The van der Waals surface area contributed by atoms with Crippen LogP contribution in [-0.2, 0) is 17.1 Å². The maximum atomic E-state index is 12.4. The standard InChI is InChI=1S/C16H24N4O2S/c1-4-20(5-2)16(14-9-7-6-8-10-14)12-18-23(21,22)15-11-17-19(3)13-15/h6-11,13,16,18H,4-5,12H2,1-3H3/t16-/m0/s1. The number of likely N-dealkylation sites (N-methyl/N-ethyl adjacent to an activating group) is 1. The minimum Gasteiger partial charge on any atom is -0.296 e. The van der Waals surface area contributed by atoms with E-state index in [0.717, 1.165) is 18.7 Å². The van der Waals surface area contributed by atoms with E-state index in [1.54, 1.807) is 7.05 Å². The van der Waals surface area contributed by atoms with Gasteiger partial charge in [-0.3, -0.25) is 9.58 Å². The largest absolute Gasteiger partial charge is 0.296 e. The molecule has 0 saturated carbocycles. The van der Waals surface area contributed by atoms with Crippen molar-refractivity contribution in [1.82, 2.24) is 19.4 Å². The summed E-state index contributed by atoms with van der Waals surface area (Å²) in [6.07, 6.45) is 2.86. The van der Waals surface area contributed by atoms with Crippen molar-refractivity contribution in [2.75, 3.05) is 19.6 Å². The quantitative estimate of drug-likeness (QED) is 0.798. The molecule has 0 unspecified atom stereocenters. The van der Waals surface area contributed by atoms with Crippen LogP contribution in [0.5, 0.6) is 0 Å². The average molecular weight is 336 g/mol. The van der Waals surface area contributed by atoms with Gasteiger partial charge in [-0.05, 0) is 18.7 Å². The molecule has 2 aromatic rings. The Morgan fingerprint density at radius 2 is 1.87 bits per heavy atom. The Morgan fingerprint density at radius 1 is 1.22 bits per heavy atom. The highest BCUT2D eigenvalue weighted by molar-refractivity contribution is 7.89. The van der Waals surface area contributed by atoms with E-state index in [-0.39, 0.29) is 10.9 Å². The molecule has 1 N–H and O–H groups in total. The lowest BCUT2D eigenvalue weighted by Crippen LogP contribution is -2.38. The molecule has 1 aromatic carbocycles. The van der Waals surface area contributed by atoms with Crippen molar-refractivity contribution in [3.05, 3.63) is 48.3 Å². The molecule has 0 amide bonds. The highest BCUT2D eigenvalue weighted by Gasteiger charge is 2.22. The first-order valence-corrected chi connectivity index (χ1v) is 9.23. The van der Waals surface area contributed by atoms with Crippen molar-refractivity contribution in [3.63, 3.8) is 0 Å². The van der Waals surface area contributed by atoms with Crippen LogP contribution in [0.15, 0.2) is 47.6 Å². The fourth-order valence-electron chi connectivity index (χ4n) is 2.61. The van der Waals surface area contributed by atoms with Crippen LogP contribution in [0.25, 0.3) is 0 Å². The minimum atomic E-state index is -3.55. The number of benzene rings is 1. The molecule has 126 valence electrons. The molecule has 0 radical (unpaired) electrons. The summed E-state index contributed by atoms with van der Waals surface area (Å²) >= 11 is 0. The van der Waals surface area contributed by atoms with Gasteiger partial charge in [-0.1, -0.05) is 44.2 Å². The summed E-state index contributed by atoms with van der Waals surface area (Å²) < 4.78 is 29.0. The number of rotatable bonds is 8. The molecule has 0 fully saturated rings. The predicted octanol–water partition coefficient (Wildman–Crippen LogP) is 1.78. The lowest BCUT2D eigenvalue weighted by Gasteiger charge is -2.30. The lowest BCUT2D eigenvalue weighted by molar-refractivity contribution is 0.220. The van der Waals surface area contributed by atoms with E-state index in [9.17, 15) is 8.42 Å². The highest BCUT2D eigenvalue weighted by Crippen LogP contribution is 2.20. The zero-order chi connectivity index (χ0) is 16.9. The van der Waals surface area contributed by atoms with Gasteiger partial charge in [0.15, 0.2) is 0 Å². The molecular formula is C16H24N4O2S. The number of nitrogens with one attached hydrogen (secondary N) is 1. The van der Waals surface area contributed by atoms with Gasteiger partial charge in [0.2, 0.25) is 10.0 Å². The number of hydrogen-bond acceptors (Lipinski definition) is 4. The van der Waals surface area contributed by atoms with E-state index < -0.39 is 10.0 Å². The van der Waals surface area contributed by atoms with Crippen molar-refractivity contribution in [2.45, 2.75) is 24.8 Å². The Morgan fingerprint density at radius 3 is 2.39 bits per heavy atom. The molecule has 0 aliphatic carbocycles. The van der Waals surface area contributed by atoms with E-state index in [4.69, 9.17) is 0 Å². The third-order valence-corrected chi connectivity index (χ3v) is 5.27. The monoisotopic (exact) mass is 336 g/mol. The Bertz CT molecular complexity index is 709. The van der Waals surface area contributed by atoms with Crippen molar-refractivity contribution in [3.8, 4) is 0 Å². The van der Waals surface area contributed by atoms with Gasteiger partial charge in [0.05, 0.1) is 6.20 Å². The molecule has 6 nitrogen and oxygen atoms in total. The number of aromatic nitrogens is 2. The molecular weight excluding hydrogens is 312 g/mol. The Kier molecular flexibility index (Phi) is 5.92. The Labute approximate surface area is 138 Å². The van der Waals surface area contributed by atoms with E-state index in [1.807, 2.05) is 30.3 Å². The fourth-order valence-corrected chi connectivity index (χ4v) is 3.63. The first kappa shape index (κ1) is 17.7. The van der Waals surface area contributed by atoms with Gasteiger partial charge in [-0.15, -0.1) is 0 Å². The third kappa shape index (κ3) is 4.40. The first-order valence-electron chi connectivity index (χ1n) is 7.75. The number of nitrogens with zero attached hydrogens (tertiary/aromatic N) is 3. The summed E-state index contributed by atoms with van der Waals surface area (Å²) in [6.45, 7) is 6.18. The van der Waals surface area contributed by atoms with Crippen LogP contribution >= 0.6 is 0 Å². The van der Waals surface area contributed by atoms with Gasteiger partial charge < -0.3 is 0 Å². The second-order valence-electron chi connectivity index (χ2n) is 5.35. The molecule has 1 heterocycles. The summed E-state index contributed by atoms with van der Waals surface area (Å²) in [4.78, 5) is 2.42. The summed E-state index contributed by atoms with van der Waals surface area (Å²) in [5.41, 5.74) is 1.10. The van der Waals surface area contributed by atoms with Crippen LogP contribution in [0.1, 0.15) is 25.5 Å². The first-order chi connectivity index (χ1) is 11.0. The molecule has 0 bridgehead atoms. The van der Waals surface area contributed by atoms with Gasteiger partial charge >= 0.3 is 0 Å². The van der Waals surface area contributed by atoms with Gasteiger partial charge in [0.1, 0.15) is 4.90 Å². The fraction of sp³-hybridized carbons (Fsp3) is 0.438. The molecule has 7 heteroatoms. The molecule has 2 rings (SSSR count). The molecule has 0 spiro atoms. The Hall–Kier alpha value is -1.70. The smallest absolute Gasteiger partial charge is 0.243 e. The van der Waals surface area contributed by atoms with E-state index in [2.05, 4.69) is 28.6 Å². The van der Waals surface area contributed by atoms with E-state index in [0.29, 0.717) is 6.54 Å². The molecule has 0 aliphatic rings. The average Bonchev–Trinajstić information content (AvgIpc) is 2.99. The van der Waals surface area contributed by atoms with Crippen molar-refractivity contribution < 1.29 is 8.42 Å². The van der Waals surface area contributed by atoms with Crippen molar-refractivity contribution in [1.29, 1.82) is 0 Å². The van der Waals surface area contributed by atoms with Crippen LogP contribution in [0.2, 0.25) is 0 Å². The Balaban J connectivity index is 2.18. The third-order valence-electron chi connectivity index (χ3n) is 3.90. The molecule has 1 atom stereocenters. The summed E-state index contributed by atoms with van der Waals surface area (Å²) in [6, 6.07) is 9.96. The van der Waals surface area contributed by atoms with Crippen LogP contribution < -0.4 is 4.72 Å². The van der Waals surface area contributed by atoms with Crippen LogP contribution in [0.3, 0.4) is 0 Å². The van der Waals surface area contributed by atoms with Crippen molar-refractivity contribution in [2.24, 2.45) is 7.05 Å². The van der Waals surface area contributed by atoms with E-state index in [1.165, 1.54) is 17.1 Å². The lowest BCUT2D eigenvalue weighted by atomic mass is 10.1. The second-order valence-corrected chi connectivity index (χ2v) is 7.12. The molecule has 1 aromatic heterocycles. The number of hydrogen-bond donors (Lipinski definition) is 1. The van der Waals surface area contributed by atoms with Gasteiger partial charge in [0.25, 0.3) is 0 Å². The van der Waals surface area contributed by atoms with Gasteiger partial charge in [-0.25, -0.2) is 13.1 Å². The molecule has 0 saturated heterocycles. The number of aryl methyl sites for hydroxylation is 1. The number of sulfonamides is 1. The zero-order valence-corrected chi connectivity index (χ0v) is 14.6. The summed E-state index contributed by atoms with van der Waals surface area (Å²) in [5.74, 6) is 0. The van der Waals surface area contributed by atoms with Crippen molar-refractivity contribution >= 4 is 10.0 Å². The van der Waals surface area contributed by atoms with E-state index >= 15 is 0 Å². The molecule has 23 heavy (non-hydrogen) atoms. The highest BCUT2D eigenvalue weighted by atomic mass is 32.2. The normalized spacial score (nSPS) is 13.4. The van der Waals surface area contributed by atoms with Gasteiger partial charge in [0, 0.05) is 25.8 Å². The SMILES string of the molecule is CCN(CC)[C@@H](CNS(=O)(=O)c1cnn(C)c1)c1ccccc1. The zero-order valence-electron chi connectivity index (χ0n) is 13.8. The van der Waals surface area contributed by atoms with Gasteiger partial charge in [-0.2, -0.15) is 5.10 Å². The predicted molar refractivity (Wildman–Crippen MR) is 90.5 cm³/mol. The minimum absolute atomic E-state index is 0.00218. The second kappa shape index (κ2) is 7.72. The van der Waals surface area contributed by atoms with Crippen LogP contribution in [0, 0.1) is 0 Å².